The summed E-state index contributed by atoms with van der Waals surface area (Å²) in [4.78, 5) is 14.3. The number of halogens is 2. The molecule has 0 aromatic heterocycles. The Morgan fingerprint density at radius 1 is 1.30 bits per heavy atom. The minimum Gasteiger partial charge on any atom is -0.337 e. The first kappa shape index (κ1) is 15.3. The van der Waals surface area contributed by atoms with E-state index >= 15 is 0 Å². The number of hydrogen-bond acceptors (Lipinski definition) is 2. The highest BCUT2D eigenvalue weighted by Gasteiger charge is 2.32. The molecule has 2 bridgehead atoms. The van der Waals surface area contributed by atoms with Crippen LogP contribution < -0.4 is 5.32 Å². The predicted octanol–water partition coefficient (Wildman–Crippen LogP) is 2.52. The van der Waals surface area contributed by atoms with E-state index in [1.54, 1.807) is 30.0 Å². The number of fused-ring (bicyclic) bond motifs is 2. The Bertz CT molecular complexity index is 509. The van der Waals surface area contributed by atoms with Gasteiger partial charge in [-0.05, 0) is 37.8 Å². The Morgan fingerprint density at radius 2 is 2.05 bits per heavy atom. The standard InChI is InChI=1S/C15H19FN2O.ClH/c1-10-3-2-4-13(14(10)16)15(19)18-8-7-11-5-6-12(9-18)17-11;/h2-4,11-12,17H,5-9H2,1H3;1H. The minimum atomic E-state index is -0.380. The van der Waals surface area contributed by atoms with E-state index in [0.717, 1.165) is 19.4 Å². The van der Waals surface area contributed by atoms with Gasteiger partial charge in [-0.25, -0.2) is 4.39 Å². The summed E-state index contributed by atoms with van der Waals surface area (Å²) < 4.78 is 14.0. The summed E-state index contributed by atoms with van der Waals surface area (Å²) in [6.45, 7) is 3.11. The number of benzene rings is 1. The Morgan fingerprint density at radius 3 is 2.85 bits per heavy atom. The van der Waals surface area contributed by atoms with Crippen LogP contribution in [0.2, 0.25) is 0 Å². The Hall–Kier alpha value is -1.13. The van der Waals surface area contributed by atoms with Gasteiger partial charge in [0.15, 0.2) is 0 Å². The van der Waals surface area contributed by atoms with Crippen molar-refractivity contribution in [3.05, 3.63) is 35.1 Å². The molecule has 1 amide bonds. The molecule has 1 N–H and O–H groups in total. The highest BCUT2D eigenvalue weighted by Crippen LogP contribution is 2.22. The lowest BCUT2D eigenvalue weighted by molar-refractivity contribution is 0.0743. The number of hydrogen-bond donors (Lipinski definition) is 1. The lowest BCUT2D eigenvalue weighted by Gasteiger charge is -2.24. The van der Waals surface area contributed by atoms with Crippen LogP contribution in [-0.4, -0.2) is 36.0 Å². The van der Waals surface area contributed by atoms with Gasteiger partial charge in [0.05, 0.1) is 5.56 Å². The average Bonchev–Trinajstić information content (AvgIpc) is 2.72. The summed E-state index contributed by atoms with van der Waals surface area (Å²) in [5.41, 5.74) is 0.734. The second kappa shape index (κ2) is 6.10. The lowest BCUT2D eigenvalue weighted by Crippen LogP contribution is -2.39. The van der Waals surface area contributed by atoms with Gasteiger partial charge in [0.25, 0.3) is 5.91 Å². The number of rotatable bonds is 1. The first-order chi connectivity index (χ1) is 9.15. The molecule has 5 heteroatoms. The van der Waals surface area contributed by atoms with Crippen molar-refractivity contribution in [3.8, 4) is 0 Å². The third kappa shape index (κ3) is 2.81. The van der Waals surface area contributed by atoms with E-state index in [0.29, 0.717) is 24.2 Å². The van der Waals surface area contributed by atoms with Crippen LogP contribution in [0, 0.1) is 12.7 Å². The van der Waals surface area contributed by atoms with Gasteiger partial charge in [-0.3, -0.25) is 4.79 Å². The molecule has 2 heterocycles. The Kier molecular flexibility index (Phi) is 4.66. The SMILES string of the molecule is Cc1cccc(C(=O)N2CCC3CCC(C2)N3)c1F.Cl. The van der Waals surface area contributed by atoms with Crippen LogP contribution >= 0.6 is 12.4 Å². The average molecular weight is 299 g/mol. The van der Waals surface area contributed by atoms with Crippen LogP contribution in [-0.2, 0) is 0 Å². The third-order valence-electron chi connectivity index (χ3n) is 4.23. The van der Waals surface area contributed by atoms with Crippen molar-refractivity contribution >= 4 is 18.3 Å². The molecular weight excluding hydrogens is 279 g/mol. The van der Waals surface area contributed by atoms with Crippen molar-refractivity contribution in [2.75, 3.05) is 13.1 Å². The zero-order valence-electron chi connectivity index (χ0n) is 11.6. The monoisotopic (exact) mass is 298 g/mol. The van der Waals surface area contributed by atoms with Crippen molar-refractivity contribution in [2.24, 2.45) is 0 Å². The molecule has 2 aliphatic rings. The zero-order valence-corrected chi connectivity index (χ0v) is 12.4. The van der Waals surface area contributed by atoms with Crippen molar-refractivity contribution in [3.63, 3.8) is 0 Å². The van der Waals surface area contributed by atoms with E-state index in [1.165, 1.54) is 6.42 Å². The molecule has 3 rings (SSSR count). The van der Waals surface area contributed by atoms with Crippen LogP contribution in [0.5, 0.6) is 0 Å². The molecule has 2 atom stereocenters. The van der Waals surface area contributed by atoms with E-state index in [9.17, 15) is 9.18 Å². The molecule has 2 aliphatic heterocycles. The fourth-order valence-corrected chi connectivity index (χ4v) is 3.11. The van der Waals surface area contributed by atoms with Crippen LogP contribution in [0.4, 0.5) is 4.39 Å². The number of likely N-dealkylation sites (tertiary alicyclic amines) is 1. The largest absolute Gasteiger partial charge is 0.337 e. The molecule has 2 unspecified atom stereocenters. The number of amides is 1. The molecule has 1 aromatic rings. The molecule has 0 spiro atoms. The summed E-state index contributed by atoms with van der Waals surface area (Å²) in [5.74, 6) is -0.551. The van der Waals surface area contributed by atoms with E-state index < -0.39 is 0 Å². The molecule has 1 aromatic carbocycles. The van der Waals surface area contributed by atoms with Gasteiger partial charge in [-0.15, -0.1) is 12.4 Å². The first-order valence-electron chi connectivity index (χ1n) is 6.95. The predicted molar refractivity (Wildman–Crippen MR) is 78.9 cm³/mol. The van der Waals surface area contributed by atoms with Gasteiger partial charge in [0, 0.05) is 25.2 Å². The van der Waals surface area contributed by atoms with Crippen molar-refractivity contribution in [1.82, 2.24) is 10.2 Å². The summed E-state index contributed by atoms with van der Waals surface area (Å²) in [6.07, 6.45) is 3.28. The van der Waals surface area contributed by atoms with Crippen LogP contribution in [0.25, 0.3) is 0 Å². The number of carbonyl (C=O) groups excluding carboxylic acids is 1. The topological polar surface area (TPSA) is 32.3 Å². The summed E-state index contributed by atoms with van der Waals surface area (Å²) in [6, 6.07) is 5.93. The van der Waals surface area contributed by atoms with Gasteiger partial charge in [0.1, 0.15) is 5.82 Å². The molecular formula is C15H20ClFN2O. The van der Waals surface area contributed by atoms with Crippen molar-refractivity contribution in [1.29, 1.82) is 0 Å². The van der Waals surface area contributed by atoms with Gasteiger partial charge >= 0.3 is 0 Å². The van der Waals surface area contributed by atoms with Gasteiger partial charge in [0.2, 0.25) is 0 Å². The number of carbonyl (C=O) groups is 1. The second-order valence-corrected chi connectivity index (χ2v) is 5.61. The van der Waals surface area contributed by atoms with E-state index in [1.807, 2.05) is 0 Å². The van der Waals surface area contributed by atoms with E-state index in [4.69, 9.17) is 0 Å². The van der Waals surface area contributed by atoms with Crippen LogP contribution in [0.3, 0.4) is 0 Å². The molecule has 2 saturated heterocycles. The lowest BCUT2D eigenvalue weighted by atomic mass is 10.1. The van der Waals surface area contributed by atoms with E-state index in [2.05, 4.69) is 5.32 Å². The van der Waals surface area contributed by atoms with Crippen molar-refractivity contribution in [2.45, 2.75) is 38.3 Å². The third-order valence-corrected chi connectivity index (χ3v) is 4.23. The molecule has 2 fully saturated rings. The Labute approximate surface area is 124 Å². The highest BCUT2D eigenvalue weighted by atomic mass is 35.5. The summed E-state index contributed by atoms with van der Waals surface area (Å²) >= 11 is 0. The molecule has 3 nitrogen and oxygen atoms in total. The highest BCUT2D eigenvalue weighted by molar-refractivity contribution is 5.94. The quantitative estimate of drug-likeness (QED) is 0.864. The molecule has 0 aliphatic carbocycles. The van der Waals surface area contributed by atoms with Gasteiger partial charge in [-0.2, -0.15) is 0 Å². The van der Waals surface area contributed by atoms with Gasteiger partial charge < -0.3 is 10.2 Å². The van der Waals surface area contributed by atoms with Gasteiger partial charge in [-0.1, -0.05) is 12.1 Å². The maximum absolute atomic E-state index is 14.0. The first-order valence-corrected chi connectivity index (χ1v) is 6.95. The molecule has 20 heavy (non-hydrogen) atoms. The zero-order chi connectivity index (χ0) is 13.4. The van der Waals surface area contributed by atoms with Crippen molar-refractivity contribution < 1.29 is 9.18 Å². The maximum Gasteiger partial charge on any atom is 0.256 e. The molecule has 0 radical (unpaired) electrons. The fourth-order valence-electron chi connectivity index (χ4n) is 3.11. The number of nitrogens with zero attached hydrogens (tertiary/aromatic N) is 1. The second-order valence-electron chi connectivity index (χ2n) is 5.61. The van der Waals surface area contributed by atoms with Crippen LogP contribution in [0.1, 0.15) is 35.2 Å². The smallest absolute Gasteiger partial charge is 0.256 e. The maximum atomic E-state index is 14.0. The van der Waals surface area contributed by atoms with Crippen LogP contribution in [0.15, 0.2) is 18.2 Å². The molecule has 110 valence electrons. The van der Waals surface area contributed by atoms with E-state index in [-0.39, 0.29) is 29.7 Å². The Balaban J connectivity index is 0.00000147. The normalized spacial score (nSPS) is 25.0. The fraction of sp³-hybridized carbons (Fsp3) is 0.533. The summed E-state index contributed by atoms with van der Waals surface area (Å²) in [5, 5.41) is 3.53. The minimum absolute atomic E-state index is 0. The number of nitrogens with one attached hydrogen (secondary N) is 1. The number of aryl methyl sites for hydroxylation is 1. The molecule has 0 saturated carbocycles. The summed E-state index contributed by atoms with van der Waals surface area (Å²) in [7, 11) is 0.